The molecular weight excluding hydrogens is 418 g/mol. The van der Waals surface area contributed by atoms with Gasteiger partial charge in [0.25, 0.3) is 5.72 Å². The third kappa shape index (κ3) is 8.66. The lowest BCUT2D eigenvalue weighted by Gasteiger charge is -2.34. The van der Waals surface area contributed by atoms with Crippen LogP contribution in [0.2, 0.25) is 0 Å². The summed E-state index contributed by atoms with van der Waals surface area (Å²) in [6.07, 6.45) is 0.363. The monoisotopic (exact) mass is 451 g/mol. The van der Waals surface area contributed by atoms with E-state index in [0.717, 1.165) is 0 Å². The van der Waals surface area contributed by atoms with Gasteiger partial charge in [0.2, 0.25) is 0 Å². The van der Waals surface area contributed by atoms with Crippen LogP contribution in [-0.2, 0) is 30.3 Å². The summed E-state index contributed by atoms with van der Waals surface area (Å²) in [6, 6.07) is 4.01. The highest BCUT2D eigenvalue weighted by atomic mass is 16.6. The normalized spacial score (nSPS) is 14.1. The molecule has 0 aliphatic heterocycles. The number of carbonyl (C=O) groups is 4. The number of hydrogen-bond acceptors (Lipinski definition) is 8. The summed E-state index contributed by atoms with van der Waals surface area (Å²) < 4.78 is 15.7. The van der Waals surface area contributed by atoms with Crippen molar-refractivity contribution in [2.45, 2.75) is 79.5 Å². The maximum absolute atomic E-state index is 12.6. The number of esters is 3. The van der Waals surface area contributed by atoms with Crippen molar-refractivity contribution >= 4 is 23.9 Å². The minimum atomic E-state index is -2.05. The lowest BCUT2D eigenvalue weighted by Crippen LogP contribution is -2.59. The third-order valence-electron chi connectivity index (χ3n) is 4.37. The van der Waals surface area contributed by atoms with Gasteiger partial charge in [-0.25, -0.2) is 4.79 Å². The zero-order valence-corrected chi connectivity index (χ0v) is 19.7. The Hall–Kier alpha value is -2.94. The van der Waals surface area contributed by atoms with Gasteiger partial charge in [0.15, 0.2) is 11.5 Å². The number of ether oxygens (including phenoxy) is 3. The Morgan fingerprint density at radius 2 is 1.59 bits per heavy atom. The Bertz CT molecular complexity index is 858. The lowest BCUT2D eigenvalue weighted by atomic mass is 9.92. The predicted octanol–water partition coefficient (Wildman–Crippen LogP) is 3.23. The molecule has 0 aromatic heterocycles. The highest BCUT2D eigenvalue weighted by Gasteiger charge is 2.44. The molecule has 9 heteroatoms. The van der Waals surface area contributed by atoms with Crippen LogP contribution in [0.1, 0.15) is 66.9 Å². The Labute approximate surface area is 188 Å². The quantitative estimate of drug-likeness (QED) is 0.313. The Morgan fingerprint density at radius 1 is 1.03 bits per heavy atom. The number of carbonyl (C=O) groups excluding carboxylic acids is 3. The van der Waals surface area contributed by atoms with Crippen LogP contribution in [-0.4, -0.2) is 40.8 Å². The third-order valence-corrected chi connectivity index (χ3v) is 4.37. The van der Waals surface area contributed by atoms with E-state index in [4.69, 9.17) is 14.2 Å². The zero-order chi connectivity index (χ0) is 24.7. The van der Waals surface area contributed by atoms with Crippen LogP contribution >= 0.6 is 0 Å². The summed E-state index contributed by atoms with van der Waals surface area (Å²) >= 11 is 0. The molecule has 0 fully saturated rings. The van der Waals surface area contributed by atoms with E-state index in [0.29, 0.717) is 12.0 Å². The van der Waals surface area contributed by atoms with Crippen LogP contribution in [0, 0.1) is 5.41 Å². The average molecular weight is 452 g/mol. The summed E-state index contributed by atoms with van der Waals surface area (Å²) in [5.41, 5.74) is -2.06. The van der Waals surface area contributed by atoms with Crippen LogP contribution in [0.5, 0.6) is 11.5 Å². The Balaban J connectivity index is 3.41. The second kappa shape index (κ2) is 11.1. The summed E-state index contributed by atoms with van der Waals surface area (Å²) in [5, 5.41) is 13.0. The molecule has 0 spiro atoms. The molecule has 2 atom stereocenters. The fourth-order valence-corrected chi connectivity index (χ4v) is 2.88. The van der Waals surface area contributed by atoms with Gasteiger partial charge in [0.05, 0.1) is 6.42 Å². The Kier molecular flexibility index (Phi) is 9.38. The molecule has 0 aliphatic carbocycles. The first-order valence-electron chi connectivity index (χ1n) is 10.4. The van der Waals surface area contributed by atoms with E-state index in [-0.39, 0.29) is 30.4 Å². The number of nitrogens with one attached hydrogen (secondary N) is 1. The summed E-state index contributed by atoms with van der Waals surface area (Å²) in [6.45, 7) is 11.6. The van der Waals surface area contributed by atoms with Crippen molar-refractivity contribution in [2.75, 3.05) is 0 Å². The second-order valence-corrected chi connectivity index (χ2v) is 8.94. The second-order valence-electron chi connectivity index (χ2n) is 8.94. The van der Waals surface area contributed by atoms with E-state index in [1.807, 2.05) is 27.7 Å². The first-order valence-corrected chi connectivity index (χ1v) is 10.4. The van der Waals surface area contributed by atoms with Crippen LogP contribution in [0.4, 0.5) is 0 Å². The minimum Gasteiger partial charge on any atom is -0.477 e. The molecule has 1 rings (SSSR count). The first kappa shape index (κ1) is 27.1. The molecule has 0 aliphatic rings. The topological polar surface area (TPSA) is 128 Å². The van der Waals surface area contributed by atoms with Crippen LogP contribution in [0.25, 0.3) is 0 Å². The van der Waals surface area contributed by atoms with Crippen molar-refractivity contribution in [2.24, 2.45) is 5.41 Å². The molecule has 0 saturated carbocycles. The maximum Gasteiger partial charge on any atom is 0.364 e. The van der Waals surface area contributed by atoms with E-state index in [2.05, 4.69) is 5.32 Å². The number of aliphatic carboxylic acids is 1. The fraction of sp³-hybridized carbons (Fsp3) is 0.565. The molecule has 0 radical (unpaired) electrons. The van der Waals surface area contributed by atoms with E-state index < -0.39 is 35.0 Å². The van der Waals surface area contributed by atoms with Gasteiger partial charge in [0, 0.05) is 26.3 Å². The van der Waals surface area contributed by atoms with Crippen molar-refractivity contribution in [1.29, 1.82) is 0 Å². The van der Waals surface area contributed by atoms with Gasteiger partial charge < -0.3 is 19.3 Å². The molecule has 0 bridgehead atoms. The molecule has 0 heterocycles. The van der Waals surface area contributed by atoms with E-state index in [1.54, 1.807) is 6.92 Å². The SMILES string of the molecule is CCC(C)N[C@@](Cc1ccc(OC(C)=O)c(OC(C)=O)c1)(OC(=O)CC(C)(C)C)C(=O)O. The number of hydrogen-bond donors (Lipinski definition) is 2. The van der Waals surface area contributed by atoms with Gasteiger partial charge in [-0.3, -0.25) is 19.7 Å². The number of rotatable bonds is 10. The van der Waals surface area contributed by atoms with Crippen molar-refractivity contribution < 1.29 is 38.5 Å². The molecule has 178 valence electrons. The van der Waals surface area contributed by atoms with E-state index >= 15 is 0 Å². The Morgan fingerprint density at radius 3 is 2.06 bits per heavy atom. The van der Waals surface area contributed by atoms with Crippen molar-refractivity contribution in [3.63, 3.8) is 0 Å². The lowest BCUT2D eigenvalue weighted by molar-refractivity contribution is -0.185. The van der Waals surface area contributed by atoms with Crippen LogP contribution < -0.4 is 14.8 Å². The molecule has 1 aromatic rings. The standard InChI is InChI=1S/C23H33NO8/c1-8-14(2)24-23(21(28)29,32-20(27)13-22(5,6)7)12-17-9-10-18(30-15(3)25)19(11-17)31-16(4)26/h9-11,14,24H,8,12-13H2,1-7H3,(H,28,29)/t14?,23-/m0/s1. The number of benzene rings is 1. The smallest absolute Gasteiger partial charge is 0.364 e. The number of carboxylic acids is 1. The molecular formula is C23H33NO8. The van der Waals surface area contributed by atoms with E-state index in [9.17, 15) is 24.3 Å². The summed E-state index contributed by atoms with van der Waals surface area (Å²) in [7, 11) is 0. The first-order chi connectivity index (χ1) is 14.7. The largest absolute Gasteiger partial charge is 0.477 e. The van der Waals surface area contributed by atoms with Gasteiger partial charge in [-0.2, -0.15) is 0 Å². The number of carboxylic acid groups (broad SMARTS) is 1. The molecule has 2 N–H and O–H groups in total. The molecule has 1 aromatic carbocycles. The summed E-state index contributed by atoms with van der Waals surface area (Å²) in [4.78, 5) is 47.7. The van der Waals surface area contributed by atoms with Gasteiger partial charge in [-0.1, -0.05) is 33.8 Å². The van der Waals surface area contributed by atoms with E-state index in [1.165, 1.54) is 32.0 Å². The molecule has 32 heavy (non-hydrogen) atoms. The predicted molar refractivity (Wildman–Crippen MR) is 116 cm³/mol. The maximum atomic E-state index is 12.6. The average Bonchev–Trinajstić information content (AvgIpc) is 2.61. The van der Waals surface area contributed by atoms with Crippen LogP contribution in [0.15, 0.2) is 18.2 Å². The fourth-order valence-electron chi connectivity index (χ4n) is 2.88. The van der Waals surface area contributed by atoms with Gasteiger partial charge in [-0.15, -0.1) is 0 Å². The minimum absolute atomic E-state index is 0.0111. The molecule has 0 amide bonds. The highest BCUT2D eigenvalue weighted by Crippen LogP contribution is 2.31. The van der Waals surface area contributed by atoms with Gasteiger partial charge >= 0.3 is 23.9 Å². The molecule has 0 saturated heterocycles. The zero-order valence-electron chi connectivity index (χ0n) is 19.7. The van der Waals surface area contributed by atoms with Crippen LogP contribution in [0.3, 0.4) is 0 Å². The molecule has 1 unspecified atom stereocenters. The van der Waals surface area contributed by atoms with Crippen molar-refractivity contribution in [1.82, 2.24) is 5.32 Å². The van der Waals surface area contributed by atoms with Crippen molar-refractivity contribution in [3.8, 4) is 11.5 Å². The van der Waals surface area contributed by atoms with Gasteiger partial charge in [-0.05, 0) is 36.5 Å². The molecule has 9 nitrogen and oxygen atoms in total. The van der Waals surface area contributed by atoms with Crippen molar-refractivity contribution in [3.05, 3.63) is 23.8 Å². The summed E-state index contributed by atoms with van der Waals surface area (Å²) in [5.74, 6) is -3.31. The highest BCUT2D eigenvalue weighted by molar-refractivity contribution is 5.82. The van der Waals surface area contributed by atoms with Gasteiger partial charge in [0.1, 0.15) is 0 Å².